The number of carbonyl (C=O) groups excluding carboxylic acids is 1. The van der Waals surface area contributed by atoms with Crippen molar-refractivity contribution in [2.75, 3.05) is 7.11 Å². The van der Waals surface area contributed by atoms with Gasteiger partial charge in [0.05, 0.1) is 6.10 Å². The molecule has 5 nitrogen and oxygen atoms in total. The van der Waals surface area contributed by atoms with Crippen LogP contribution in [0.15, 0.2) is 17.1 Å². The third-order valence-corrected chi connectivity index (χ3v) is 3.07. The molecular formula is C12H16N2O3. The number of carbonyl (C=O) groups is 1. The highest BCUT2D eigenvalue weighted by Crippen LogP contribution is 2.22. The second-order valence-corrected chi connectivity index (χ2v) is 4.39. The second kappa shape index (κ2) is 4.71. The Morgan fingerprint density at radius 1 is 1.53 bits per heavy atom. The summed E-state index contributed by atoms with van der Waals surface area (Å²) in [6.45, 7) is 1.78. The van der Waals surface area contributed by atoms with Crippen molar-refractivity contribution in [2.24, 2.45) is 0 Å². The van der Waals surface area contributed by atoms with Crippen molar-refractivity contribution in [3.05, 3.63) is 33.7 Å². The molecule has 5 heteroatoms. The fourth-order valence-electron chi connectivity index (χ4n) is 1.89. The minimum atomic E-state index is -0.314. The predicted molar refractivity (Wildman–Crippen MR) is 63.1 cm³/mol. The van der Waals surface area contributed by atoms with Crippen LogP contribution in [0, 0.1) is 6.92 Å². The minimum Gasteiger partial charge on any atom is -0.381 e. The van der Waals surface area contributed by atoms with Crippen LogP contribution in [0.25, 0.3) is 0 Å². The van der Waals surface area contributed by atoms with Crippen LogP contribution >= 0.6 is 0 Å². The lowest BCUT2D eigenvalue weighted by Gasteiger charge is -2.34. The smallest absolute Gasteiger partial charge is 0.256 e. The largest absolute Gasteiger partial charge is 0.381 e. The standard InChI is InChI=1S/C12H16N2O3/c1-7-3-11(15)10(6-13-7)12(16)14-8-4-9(5-8)17-2/h3,6,8-9H,4-5H2,1-2H3,(H,13,15)(H,14,16). The summed E-state index contributed by atoms with van der Waals surface area (Å²) in [6.07, 6.45) is 3.31. The number of methoxy groups -OCH3 is 1. The van der Waals surface area contributed by atoms with Crippen molar-refractivity contribution in [2.45, 2.75) is 31.9 Å². The van der Waals surface area contributed by atoms with Crippen molar-refractivity contribution in [1.29, 1.82) is 0 Å². The van der Waals surface area contributed by atoms with E-state index in [1.54, 1.807) is 14.0 Å². The van der Waals surface area contributed by atoms with Crippen LogP contribution in [0.1, 0.15) is 28.9 Å². The van der Waals surface area contributed by atoms with Crippen molar-refractivity contribution in [1.82, 2.24) is 10.3 Å². The molecule has 1 fully saturated rings. The molecule has 92 valence electrons. The first-order valence-electron chi connectivity index (χ1n) is 5.63. The van der Waals surface area contributed by atoms with Crippen LogP contribution in [0.3, 0.4) is 0 Å². The van der Waals surface area contributed by atoms with Crippen molar-refractivity contribution in [3.63, 3.8) is 0 Å². The number of pyridine rings is 1. The van der Waals surface area contributed by atoms with E-state index in [-0.39, 0.29) is 29.0 Å². The molecule has 0 radical (unpaired) electrons. The Labute approximate surface area is 99.2 Å². The van der Waals surface area contributed by atoms with Gasteiger partial charge in [0.25, 0.3) is 5.91 Å². The molecular weight excluding hydrogens is 220 g/mol. The van der Waals surface area contributed by atoms with E-state index in [4.69, 9.17) is 4.74 Å². The van der Waals surface area contributed by atoms with E-state index in [1.807, 2.05) is 0 Å². The molecule has 17 heavy (non-hydrogen) atoms. The normalized spacial score (nSPS) is 22.9. The number of hydrogen-bond acceptors (Lipinski definition) is 3. The highest BCUT2D eigenvalue weighted by molar-refractivity contribution is 5.94. The molecule has 1 aromatic heterocycles. The summed E-state index contributed by atoms with van der Waals surface area (Å²) in [5, 5.41) is 2.82. The lowest BCUT2D eigenvalue weighted by atomic mass is 9.89. The Morgan fingerprint density at radius 2 is 2.24 bits per heavy atom. The highest BCUT2D eigenvalue weighted by atomic mass is 16.5. The average Bonchev–Trinajstić information content (AvgIpc) is 2.22. The topological polar surface area (TPSA) is 71.2 Å². The van der Waals surface area contributed by atoms with E-state index in [1.165, 1.54) is 12.3 Å². The van der Waals surface area contributed by atoms with Gasteiger partial charge in [-0.1, -0.05) is 0 Å². The van der Waals surface area contributed by atoms with Gasteiger partial charge >= 0.3 is 0 Å². The Hall–Kier alpha value is -1.62. The molecule has 1 heterocycles. The van der Waals surface area contributed by atoms with Crippen LogP contribution in [-0.4, -0.2) is 30.1 Å². The van der Waals surface area contributed by atoms with Gasteiger partial charge in [-0.25, -0.2) is 0 Å². The zero-order chi connectivity index (χ0) is 12.4. The molecule has 0 atom stereocenters. The fraction of sp³-hybridized carbons (Fsp3) is 0.500. The number of aromatic nitrogens is 1. The van der Waals surface area contributed by atoms with E-state index in [2.05, 4.69) is 10.3 Å². The fourth-order valence-corrected chi connectivity index (χ4v) is 1.89. The van der Waals surface area contributed by atoms with E-state index >= 15 is 0 Å². The second-order valence-electron chi connectivity index (χ2n) is 4.39. The zero-order valence-electron chi connectivity index (χ0n) is 9.95. The maximum atomic E-state index is 11.8. The lowest BCUT2D eigenvalue weighted by Crippen LogP contribution is -2.48. The van der Waals surface area contributed by atoms with Crippen LogP contribution in [-0.2, 0) is 4.74 Å². The van der Waals surface area contributed by atoms with Gasteiger partial charge < -0.3 is 15.0 Å². The summed E-state index contributed by atoms with van der Waals surface area (Å²) < 4.78 is 5.12. The first-order chi connectivity index (χ1) is 8.10. The summed E-state index contributed by atoms with van der Waals surface area (Å²) in [5.74, 6) is -0.314. The van der Waals surface area contributed by atoms with Gasteiger partial charge in [0.2, 0.25) is 0 Å². The highest BCUT2D eigenvalue weighted by Gasteiger charge is 2.30. The molecule has 0 spiro atoms. The zero-order valence-corrected chi connectivity index (χ0v) is 9.95. The first-order valence-corrected chi connectivity index (χ1v) is 5.63. The number of hydrogen-bond donors (Lipinski definition) is 2. The molecule has 1 aromatic rings. The molecule has 1 aliphatic carbocycles. The molecule has 0 unspecified atom stereocenters. The number of aryl methyl sites for hydroxylation is 1. The third kappa shape index (κ3) is 2.55. The monoisotopic (exact) mass is 236 g/mol. The van der Waals surface area contributed by atoms with Crippen molar-refractivity contribution in [3.8, 4) is 0 Å². The van der Waals surface area contributed by atoms with E-state index in [0.717, 1.165) is 18.5 Å². The quantitative estimate of drug-likeness (QED) is 0.807. The first kappa shape index (κ1) is 11.9. The summed E-state index contributed by atoms with van der Waals surface area (Å²) >= 11 is 0. The summed E-state index contributed by atoms with van der Waals surface area (Å²) in [6, 6.07) is 1.54. The van der Waals surface area contributed by atoms with Crippen molar-refractivity contribution < 1.29 is 9.53 Å². The minimum absolute atomic E-state index is 0.119. The van der Waals surface area contributed by atoms with Crippen LogP contribution in [0.2, 0.25) is 0 Å². The molecule has 0 aliphatic heterocycles. The maximum Gasteiger partial charge on any atom is 0.256 e. The molecule has 2 rings (SSSR count). The molecule has 0 saturated heterocycles. The van der Waals surface area contributed by atoms with E-state index < -0.39 is 0 Å². The molecule has 0 aromatic carbocycles. The maximum absolute atomic E-state index is 11.8. The van der Waals surface area contributed by atoms with Gasteiger partial charge in [-0.2, -0.15) is 0 Å². The van der Waals surface area contributed by atoms with Crippen molar-refractivity contribution >= 4 is 5.91 Å². The number of aromatic amines is 1. The Bertz CT molecular complexity index is 475. The molecule has 1 amide bonds. The van der Waals surface area contributed by atoms with Gasteiger partial charge in [0.15, 0.2) is 5.43 Å². The summed E-state index contributed by atoms with van der Waals surface area (Å²) in [4.78, 5) is 26.3. The molecule has 0 bridgehead atoms. The van der Waals surface area contributed by atoms with Crippen LogP contribution in [0.5, 0.6) is 0 Å². The Kier molecular flexibility index (Phi) is 3.28. The van der Waals surface area contributed by atoms with E-state index in [0.29, 0.717) is 0 Å². The molecule has 2 N–H and O–H groups in total. The Morgan fingerprint density at radius 3 is 2.82 bits per heavy atom. The average molecular weight is 236 g/mol. The van der Waals surface area contributed by atoms with Gasteiger partial charge in [-0.05, 0) is 19.8 Å². The summed E-state index contributed by atoms with van der Waals surface area (Å²) in [7, 11) is 1.66. The molecule has 1 aliphatic rings. The lowest BCUT2D eigenvalue weighted by molar-refractivity contribution is 0.0176. The van der Waals surface area contributed by atoms with Gasteiger partial charge in [0, 0.05) is 31.1 Å². The van der Waals surface area contributed by atoms with E-state index in [9.17, 15) is 9.59 Å². The third-order valence-electron chi connectivity index (χ3n) is 3.07. The number of amides is 1. The molecule has 1 saturated carbocycles. The Balaban J connectivity index is 1.99. The number of H-pyrrole nitrogens is 1. The number of nitrogens with one attached hydrogen (secondary N) is 2. The van der Waals surface area contributed by atoms with Crippen LogP contribution < -0.4 is 10.7 Å². The number of ether oxygens (including phenoxy) is 1. The van der Waals surface area contributed by atoms with Gasteiger partial charge in [-0.15, -0.1) is 0 Å². The number of rotatable bonds is 3. The van der Waals surface area contributed by atoms with Gasteiger partial charge in [-0.3, -0.25) is 9.59 Å². The SMILES string of the molecule is COC1CC(NC(=O)c2c[nH]c(C)cc2=O)C1. The van der Waals surface area contributed by atoms with Gasteiger partial charge in [0.1, 0.15) is 5.56 Å². The summed E-state index contributed by atoms with van der Waals surface area (Å²) in [5.41, 5.74) is 0.660. The van der Waals surface area contributed by atoms with Crippen LogP contribution in [0.4, 0.5) is 0 Å². The predicted octanol–water partition coefficient (Wildman–Crippen LogP) is 0.591.